The van der Waals surface area contributed by atoms with E-state index in [9.17, 15) is 9.59 Å². The molecule has 0 aliphatic carbocycles. The number of fused-ring (bicyclic) bond motifs is 1. The lowest BCUT2D eigenvalue weighted by atomic mass is 9.92. The molecule has 0 fully saturated rings. The van der Waals surface area contributed by atoms with Gasteiger partial charge in [-0.15, -0.1) is 11.3 Å². The number of ketones is 1. The second-order valence-corrected chi connectivity index (χ2v) is 8.97. The summed E-state index contributed by atoms with van der Waals surface area (Å²) >= 11 is 7.02. The Morgan fingerprint density at radius 2 is 1.96 bits per heavy atom. The molecule has 1 aliphatic heterocycles. The van der Waals surface area contributed by atoms with E-state index >= 15 is 0 Å². The number of methoxy groups -OCH3 is 1. The van der Waals surface area contributed by atoms with E-state index < -0.39 is 0 Å². The van der Waals surface area contributed by atoms with Gasteiger partial charge >= 0.3 is 5.97 Å². The molecule has 1 aromatic carbocycles. The summed E-state index contributed by atoms with van der Waals surface area (Å²) in [6.45, 7) is 4.50. The fourth-order valence-electron chi connectivity index (χ4n) is 3.22. The third kappa shape index (κ3) is 4.51. The van der Waals surface area contributed by atoms with E-state index in [0.717, 1.165) is 15.3 Å². The molecule has 0 saturated carbocycles. The van der Waals surface area contributed by atoms with Gasteiger partial charge in [-0.25, -0.2) is 4.79 Å². The average molecular weight is 403 g/mol. The first kappa shape index (κ1) is 19.9. The maximum absolute atomic E-state index is 12.4. The van der Waals surface area contributed by atoms with Crippen LogP contribution in [-0.2, 0) is 28.9 Å². The van der Waals surface area contributed by atoms with Crippen LogP contribution in [0.4, 0.5) is 0 Å². The van der Waals surface area contributed by atoms with Gasteiger partial charge in [0.2, 0.25) is 0 Å². The molecule has 0 spiro atoms. The highest BCUT2D eigenvalue weighted by molar-refractivity contribution is 7.80. The van der Waals surface area contributed by atoms with Gasteiger partial charge in [-0.3, -0.25) is 4.79 Å². The fraction of sp³-hybridized carbons (Fsp3) is 0.381. The number of rotatable bonds is 6. The third-order valence-electron chi connectivity index (χ3n) is 4.56. The standard InChI is InChI=1S/C21H22O4S2/c1-21(2)11-15-18(12-25-21)27-17(19(15)20(23)24-3)10-14(26)9-16(22)13-7-5-4-6-8-13/h4-8H,9-12H2,1-3H3. The highest BCUT2D eigenvalue weighted by Crippen LogP contribution is 2.38. The second kappa shape index (κ2) is 8.00. The Kier molecular flexibility index (Phi) is 5.89. The Balaban J connectivity index is 1.82. The fourth-order valence-corrected chi connectivity index (χ4v) is 4.86. The van der Waals surface area contributed by atoms with Crippen molar-refractivity contribution in [3.05, 3.63) is 56.8 Å². The van der Waals surface area contributed by atoms with Crippen LogP contribution in [0.2, 0.25) is 0 Å². The van der Waals surface area contributed by atoms with Gasteiger partial charge in [-0.1, -0.05) is 42.5 Å². The van der Waals surface area contributed by atoms with E-state index in [1.165, 1.54) is 18.4 Å². The Labute approximate surface area is 168 Å². The number of hydrogen-bond acceptors (Lipinski definition) is 6. The van der Waals surface area contributed by atoms with Crippen molar-refractivity contribution in [1.29, 1.82) is 0 Å². The lowest BCUT2D eigenvalue weighted by Crippen LogP contribution is -2.32. The zero-order chi connectivity index (χ0) is 19.6. The number of benzene rings is 1. The van der Waals surface area contributed by atoms with Crippen LogP contribution < -0.4 is 0 Å². The van der Waals surface area contributed by atoms with Gasteiger partial charge in [0.05, 0.1) is 24.9 Å². The van der Waals surface area contributed by atoms with Crippen LogP contribution in [0.15, 0.2) is 30.3 Å². The normalized spacial score (nSPS) is 15.1. The lowest BCUT2D eigenvalue weighted by molar-refractivity contribution is -0.0384. The molecule has 2 aromatic rings. The zero-order valence-electron chi connectivity index (χ0n) is 15.7. The average Bonchev–Trinajstić information content (AvgIpc) is 2.97. The second-order valence-electron chi connectivity index (χ2n) is 7.20. The molecule has 142 valence electrons. The molecule has 0 radical (unpaired) electrons. The maximum Gasteiger partial charge on any atom is 0.339 e. The molecule has 3 rings (SSSR count). The van der Waals surface area contributed by atoms with Gasteiger partial charge in [0.15, 0.2) is 5.78 Å². The van der Waals surface area contributed by atoms with Crippen molar-refractivity contribution >= 4 is 40.2 Å². The summed E-state index contributed by atoms with van der Waals surface area (Å²) in [4.78, 5) is 27.4. The molecule has 1 aliphatic rings. The monoisotopic (exact) mass is 402 g/mol. The molecule has 0 N–H and O–H groups in total. The number of Topliss-reactive ketones (excluding diaryl/α,β-unsaturated/α-hetero) is 1. The highest BCUT2D eigenvalue weighted by atomic mass is 32.1. The number of esters is 1. The number of ether oxygens (including phenoxy) is 2. The smallest absolute Gasteiger partial charge is 0.339 e. The van der Waals surface area contributed by atoms with E-state index in [0.29, 0.717) is 35.4 Å². The topological polar surface area (TPSA) is 52.6 Å². The third-order valence-corrected chi connectivity index (χ3v) is 6.06. The maximum atomic E-state index is 12.4. The number of carbonyl (C=O) groups excluding carboxylic acids is 2. The van der Waals surface area contributed by atoms with Gasteiger partial charge in [-0.05, 0) is 19.4 Å². The van der Waals surface area contributed by atoms with Crippen molar-refractivity contribution in [2.24, 2.45) is 0 Å². The van der Waals surface area contributed by atoms with Gasteiger partial charge in [-0.2, -0.15) is 0 Å². The molecule has 0 atom stereocenters. The summed E-state index contributed by atoms with van der Waals surface area (Å²) in [7, 11) is 1.39. The van der Waals surface area contributed by atoms with Gasteiger partial charge in [0.1, 0.15) is 0 Å². The lowest BCUT2D eigenvalue weighted by Gasteiger charge is -2.30. The number of thiophene rings is 1. The minimum Gasteiger partial charge on any atom is -0.465 e. The summed E-state index contributed by atoms with van der Waals surface area (Å²) in [5.74, 6) is -0.358. The van der Waals surface area contributed by atoms with Crippen molar-refractivity contribution in [3.63, 3.8) is 0 Å². The van der Waals surface area contributed by atoms with E-state index in [4.69, 9.17) is 21.7 Å². The van der Waals surface area contributed by atoms with Gasteiger partial charge in [0, 0.05) is 39.4 Å². The van der Waals surface area contributed by atoms with Crippen molar-refractivity contribution in [2.75, 3.05) is 7.11 Å². The molecule has 0 amide bonds. The molecule has 0 saturated heterocycles. The molecular weight excluding hydrogens is 380 g/mol. The molecule has 27 heavy (non-hydrogen) atoms. The predicted octanol–water partition coefficient (Wildman–Crippen LogP) is 4.57. The summed E-state index contributed by atoms with van der Waals surface area (Å²) in [5.41, 5.74) is 1.92. The summed E-state index contributed by atoms with van der Waals surface area (Å²) < 4.78 is 10.9. The zero-order valence-corrected chi connectivity index (χ0v) is 17.3. The van der Waals surface area contributed by atoms with Crippen molar-refractivity contribution in [3.8, 4) is 0 Å². The van der Waals surface area contributed by atoms with Crippen molar-refractivity contribution < 1.29 is 19.1 Å². The van der Waals surface area contributed by atoms with Crippen molar-refractivity contribution in [2.45, 2.75) is 45.3 Å². The van der Waals surface area contributed by atoms with Crippen LogP contribution in [0.5, 0.6) is 0 Å². The predicted molar refractivity (Wildman–Crippen MR) is 110 cm³/mol. The van der Waals surface area contributed by atoms with Gasteiger partial charge in [0.25, 0.3) is 0 Å². The summed E-state index contributed by atoms with van der Waals surface area (Å²) in [5, 5.41) is 0. The minimum atomic E-state index is -0.350. The quantitative estimate of drug-likeness (QED) is 0.402. The summed E-state index contributed by atoms with van der Waals surface area (Å²) in [6, 6.07) is 9.11. The van der Waals surface area contributed by atoms with E-state index in [-0.39, 0.29) is 23.8 Å². The molecule has 2 heterocycles. The Morgan fingerprint density at radius 1 is 1.26 bits per heavy atom. The molecule has 1 aromatic heterocycles. The molecule has 4 nitrogen and oxygen atoms in total. The minimum absolute atomic E-state index is 0.00833. The van der Waals surface area contributed by atoms with Crippen LogP contribution in [0, 0.1) is 0 Å². The molecule has 0 unspecified atom stereocenters. The first-order valence-electron chi connectivity index (χ1n) is 8.76. The largest absolute Gasteiger partial charge is 0.465 e. The highest BCUT2D eigenvalue weighted by Gasteiger charge is 2.33. The van der Waals surface area contributed by atoms with Crippen LogP contribution >= 0.6 is 23.6 Å². The van der Waals surface area contributed by atoms with Crippen molar-refractivity contribution in [1.82, 2.24) is 0 Å². The number of thiocarbonyl (C=S) groups is 1. The van der Waals surface area contributed by atoms with E-state index in [1.807, 2.05) is 32.0 Å². The van der Waals surface area contributed by atoms with Crippen LogP contribution in [0.1, 0.15) is 56.3 Å². The molecule has 0 bridgehead atoms. The van der Waals surface area contributed by atoms with E-state index in [2.05, 4.69) is 0 Å². The van der Waals surface area contributed by atoms with E-state index in [1.54, 1.807) is 12.1 Å². The van der Waals surface area contributed by atoms with Crippen LogP contribution in [-0.4, -0.2) is 29.3 Å². The number of carbonyl (C=O) groups is 2. The molecular formula is C21H22O4S2. The number of hydrogen-bond donors (Lipinski definition) is 0. The molecule has 6 heteroatoms. The van der Waals surface area contributed by atoms with Crippen LogP contribution in [0.25, 0.3) is 0 Å². The first-order chi connectivity index (χ1) is 12.8. The Hall–Kier alpha value is -1.89. The Bertz CT molecular complexity index is 881. The summed E-state index contributed by atoms with van der Waals surface area (Å²) in [6.07, 6.45) is 1.25. The first-order valence-corrected chi connectivity index (χ1v) is 9.99. The SMILES string of the molecule is COC(=O)c1c(CC(=S)CC(=O)c2ccccc2)sc2c1CC(C)(C)OC2. The Morgan fingerprint density at radius 3 is 2.63 bits per heavy atom. The van der Waals surface area contributed by atoms with Gasteiger partial charge < -0.3 is 9.47 Å². The van der Waals surface area contributed by atoms with Crippen LogP contribution in [0.3, 0.4) is 0 Å².